The van der Waals surface area contributed by atoms with E-state index in [-0.39, 0.29) is 18.6 Å². The van der Waals surface area contributed by atoms with Gasteiger partial charge in [0.1, 0.15) is 0 Å². The summed E-state index contributed by atoms with van der Waals surface area (Å²) < 4.78 is 0. The van der Waals surface area contributed by atoms with E-state index < -0.39 is 0 Å². The van der Waals surface area contributed by atoms with Gasteiger partial charge in [-0.25, -0.2) is 0 Å². The van der Waals surface area contributed by atoms with Gasteiger partial charge in [0.25, 0.3) is 0 Å². The zero-order valence-corrected chi connectivity index (χ0v) is 9.25. The molecule has 0 aliphatic rings. The number of aliphatic hydroxyl groups excluding tert-OH is 2. The molecule has 0 aliphatic carbocycles. The fourth-order valence-corrected chi connectivity index (χ4v) is 1.30. The molecule has 0 fully saturated rings. The van der Waals surface area contributed by atoms with Crippen molar-refractivity contribution in [3.63, 3.8) is 0 Å². The molecular formula is C10H23NO2. The van der Waals surface area contributed by atoms with Crippen molar-refractivity contribution in [2.75, 3.05) is 26.3 Å². The van der Waals surface area contributed by atoms with Crippen molar-refractivity contribution >= 4 is 0 Å². The molecule has 2 N–H and O–H groups in total. The monoisotopic (exact) mass is 189 g/mol. The van der Waals surface area contributed by atoms with Crippen LogP contribution in [0.1, 0.15) is 27.7 Å². The van der Waals surface area contributed by atoms with Crippen molar-refractivity contribution < 1.29 is 10.2 Å². The molecule has 0 amide bonds. The fourth-order valence-electron chi connectivity index (χ4n) is 1.30. The second-order valence-electron chi connectivity index (χ2n) is 4.28. The fraction of sp³-hybridized carbons (Fsp3) is 1.00. The van der Waals surface area contributed by atoms with Crippen LogP contribution in [0.25, 0.3) is 0 Å². The van der Waals surface area contributed by atoms with Gasteiger partial charge < -0.3 is 15.1 Å². The molecule has 0 bridgehead atoms. The largest absolute Gasteiger partial charge is 0.396 e. The molecule has 3 heteroatoms. The van der Waals surface area contributed by atoms with Gasteiger partial charge in [0.05, 0.1) is 13.2 Å². The number of hydrogen-bond acceptors (Lipinski definition) is 3. The minimum absolute atomic E-state index is 0.0344. The summed E-state index contributed by atoms with van der Waals surface area (Å²) in [6.07, 6.45) is 0. The molecule has 0 aromatic rings. The SMILES string of the molecule is CCN(CC(C)(CO)CO)C(C)C. The maximum Gasteiger partial charge on any atom is 0.0519 e. The Morgan fingerprint density at radius 2 is 1.69 bits per heavy atom. The first-order valence-electron chi connectivity index (χ1n) is 4.95. The molecule has 0 saturated heterocycles. The third-order valence-corrected chi connectivity index (χ3v) is 2.48. The van der Waals surface area contributed by atoms with E-state index in [0.29, 0.717) is 6.04 Å². The first kappa shape index (κ1) is 12.9. The molecule has 0 atom stereocenters. The van der Waals surface area contributed by atoms with Gasteiger partial charge in [0.15, 0.2) is 0 Å². The lowest BCUT2D eigenvalue weighted by atomic mass is 9.92. The first-order valence-corrected chi connectivity index (χ1v) is 4.95. The number of hydrogen-bond donors (Lipinski definition) is 2. The molecule has 0 spiro atoms. The van der Waals surface area contributed by atoms with Crippen LogP contribution in [-0.2, 0) is 0 Å². The van der Waals surface area contributed by atoms with Crippen molar-refractivity contribution in [1.82, 2.24) is 4.90 Å². The first-order chi connectivity index (χ1) is 5.99. The highest BCUT2D eigenvalue weighted by molar-refractivity contribution is 4.78. The van der Waals surface area contributed by atoms with E-state index in [1.54, 1.807) is 0 Å². The normalized spacial score (nSPS) is 12.9. The van der Waals surface area contributed by atoms with Gasteiger partial charge in [-0.2, -0.15) is 0 Å². The van der Waals surface area contributed by atoms with Crippen molar-refractivity contribution in [3.05, 3.63) is 0 Å². The second-order valence-corrected chi connectivity index (χ2v) is 4.28. The van der Waals surface area contributed by atoms with E-state index in [1.807, 2.05) is 6.92 Å². The lowest BCUT2D eigenvalue weighted by molar-refractivity contribution is 0.0280. The highest BCUT2D eigenvalue weighted by Gasteiger charge is 2.25. The summed E-state index contributed by atoms with van der Waals surface area (Å²) in [7, 11) is 0. The van der Waals surface area contributed by atoms with Gasteiger partial charge in [0, 0.05) is 18.0 Å². The Hall–Kier alpha value is -0.120. The topological polar surface area (TPSA) is 43.7 Å². The minimum Gasteiger partial charge on any atom is -0.396 e. The third-order valence-electron chi connectivity index (χ3n) is 2.48. The van der Waals surface area contributed by atoms with Crippen LogP contribution in [-0.4, -0.2) is 47.5 Å². The van der Waals surface area contributed by atoms with Crippen molar-refractivity contribution in [1.29, 1.82) is 0 Å². The van der Waals surface area contributed by atoms with Gasteiger partial charge in [-0.05, 0) is 20.4 Å². The van der Waals surface area contributed by atoms with Gasteiger partial charge in [-0.15, -0.1) is 0 Å². The maximum atomic E-state index is 9.12. The average molecular weight is 189 g/mol. The molecule has 0 rings (SSSR count). The zero-order chi connectivity index (χ0) is 10.5. The molecule has 0 unspecified atom stereocenters. The summed E-state index contributed by atoms with van der Waals surface area (Å²) in [5, 5.41) is 18.2. The molecule has 80 valence electrons. The Bertz CT molecular complexity index is 133. The smallest absolute Gasteiger partial charge is 0.0519 e. The van der Waals surface area contributed by atoms with Crippen LogP contribution in [0.5, 0.6) is 0 Å². The van der Waals surface area contributed by atoms with E-state index in [4.69, 9.17) is 10.2 Å². The van der Waals surface area contributed by atoms with E-state index in [1.165, 1.54) is 0 Å². The molecule has 0 saturated carbocycles. The Kier molecular flexibility index (Phi) is 5.53. The van der Waals surface area contributed by atoms with E-state index >= 15 is 0 Å². The lowest BCUT2D eigenvalue weighted by Gasteiger charge is -2.34. The van der Waals surface area contributed by atoms with Crippen LogP contribution in [0.15, 0.2) is 0 Å². The van der Waals surface area contributed by atoms with E-state index in [2.05, 4.69) is 25.7 Å². The third kappa shape index (κ3) is 4.07. The van der Waals surface area contributed by atoms with Crippen molar-refractivity contribution in [2.45, 2.75) is 33.7 Å². The Morgan fingerprint density at radius 3 is 1.92 bits per heavy atom. The van der Waals surface area contributed by atoms with Crippen LogP contribution < -0.4 is 0 Å². The predicted octanol–water partition coefficient (Wildman–Crippen LogP) is 0.708. The Labute approximate surface area is 81.4 Å². The van der Waals surface area contributed by atoms with E-state index in [9.17, 15) is 0 Å². The summed E-state index contributed by atoms with van der Waals surface area (Å²) in [5.74, 6) is 0. The number of aliphatic hydroxyl groups is 2. The lowest BCUT2D eigenvalue weighted by Crippen LogP contribution is -2.43. The van der Waals surface area contributed by atoms with Gasteiger partial charge in [0.2, 0.25) is 0 Å². The summed E-state index contributed by atoms with van der Waals surface area (Å²) in [4.78, 5) is 2.24. The van der Waals surface area contributed by atoms with Crippen LogP contribution in [0, 0.1) is 5.41 Å². The highest BCUT2D eigenvalue weighted by Crippen LogP contribution is 2.17. The molecule has 0 aliphatic heterocycles. The summed E-state index contributed by atoms with van der Waals surface area (Å²) >= 11 is 0. The molecule has 0 aromatic heterocycles. The van der Waals surface area contributed by atoms with Gasteiger partial charge >= 0.3 is 0 Å². The summed E-state index contributed by atoms with van der Waals surface area (Å²) in [5.41, 5.74) is -0.375. The maximum absolute atomic E-state index is 9.12. The highest BCUT2D eigenvalue weighted by atomic mass is 16.3. The second kappa shape index (κ2) is 5.58. The molecule has 0 heterocycles. The van der Waals surface area contributed by atoms with Crippen LogP contribution >= 0.6 is 0 Å². The summed E-state index contributed by atoms with van der Waals surface area (Å²) in [6.45, 7) is 10.0. The number of nitrogens with zero attached hydrogens (tertiary/aromatic N) is 1. The quantitative estimate of drug-likeness (QED) is 0.646. The average Bonchev–Trinajstić information content (AvgIpc) is 2.13. The molecule has 0 radical (unpaired) electrons. The zero-order valence-electron chi connectivity index (χ0n) is 9.25. The minimum atomic E-state index is -0.375. The molecular weight excluding hydrogens is 166 g/mol. The van der Waals surface area contributed by atoms with Crippen LogP contribution in [0.4, 0.5) is 0 Å². The van der Waals surface area contributed by atoms with Gasteiger partial charge in [-0.1, -0.05) is 13.8 Å². The summed E-state index contributed by atoms with van der Waals surface area (Å²) in [6, 6.07) is 0.461. The Morgan fingerprint density at radius 1 is 1.23 bits per heavy atom. The molecule has 0 aromatic carbocycles. The van der Waals surface area contributed by atoms with Gasteiger partial charge in [-0.3, -0.25) is 0 Å². The van der Waals surface area contributed by atoms with Crippen molar-refractivity contribution in [2.24, 2.45) is 5.41 Å². The van der Waals surface area contributed by atoms with Crippen LogP contribution in [0.3, 0.4) is 0 Å². The standard InChI is InChI=1S/C10H23NO2/c1-5-11(9(2)3)6-10(4,7-12)8-13/h9,12-13H,5-8H2,1-4H3. The van der Waals surface area contributed by atoms with E-state index in [0.717, 1.165) is 13.1 Å². The Balaban J connectivity index is 4.19. The number of rotatable bonds is 6. The predicted molar refractivity (Wildman–Crippen MR) is 54.7 cm³/mol. The van der Waals surface area contributed by atoms with Crippen LogP contribution in [0.2, 0.25) is 0 Å². The molecule has 13 heavy (non-hydrogen) atoms. The van der Waals surface area contributed by atoms with Crippen molar-refractivity contribution in [3.8, 4) is 0 Å². The molecule has 3 nitrogen and oxygen atoms in total.